The van der Waals surface area contributed by atoms with Gasteiger partial charge in [-0.2, -0.15) is 5.26 Å². The molecular formula is C21H22N4O. The second kappa shape index (κ2) is 7.32. The zero-order chi connectivity index (χ0) is 18.7. The summed E-state index contributed by atoms with van der Waals surface area (Å²) in [7, 11) is 0. The van der Waals surface area contributed by atoms with Crippen molar-refractivity contribution in [1.82, 2.24) is 9.78 Å². The van der Waals surface area contributed by atoms with Gasteiger partial charge in [0.15, 0.2) is 5.56 Å². The highest BCUT2D eigenvalue weighted by Crippen LogP contribution is 2.25. The van der Waals surface area contributed by atoms with Crippen LogP contribution in [0.4, 0.5) is 5.82 Å². The Kier molecular flexibility index (Phi) is 4.94. The quantitative estimate of drug-likeness (QED) is 0.760. The predicted molar refractivity (Wildman–Crippen MR) is 102 cm³/mol. The molecule has 0 aliphatic carbocycles. The third kappa shape index (κ3) is 3.70. The number of nitriles is 1. The smallest absolute Gasteiger partial charge is 0.253 e. The Labute approximate surface area is 153 Å². The number of nitrogens with two attached hydrogens (primary N) is 1. The average Bonchev–Trinajstić information content (AvgIpc) is 2.89. The maximum atomic E-state index is 9.45. The van der Waals surface area contributed by atoms with Crippen molar-refractivity contribution in [2.24, 2.45) is 0 Å². The van der Waals surface area contributed by atoms with Crippen LogP contribution in [0.2, 0.25) is 0 Å². The van der Waals surface area contributed by atoms with E-state index >= 15 is 0 Å². The number of nitrogen functional groups attached to an aromatic ring is 1. The molecule has 0 unspecified atom stereocenters. The van der Waals surface area contributed by atoms with Crippen LogP contribution in [0.1, 0.15) is 33.4 Å². The van der Waals surface area contributed by atoms with Crippen molar-refractivity contribution >= 4 is 5.82 Å². The van der Waals surface area contributed by atoms with Crippen LogP contribution in [-0.4, -0.2) is 9.78 Å². The molecule has 0 fully saturated rings. The van der Waals surface area contributed by atoms with Gasteiger partial charge >= 0.3 is 0 Å². The summed E-state index contributed by atoms with van der Waals surface area (Å²) < 4.78 is 7.44. The number of rotatable bonds is 5. The predicted octanol–water partition coefficient (Wildman–Crippen LogP) is 3.89. The maximum absolute atomic E-state index is 9.45. The Morgan fingerprint density at radius 2 is 1.88 bits per heavy atom. The molecule has 26 heavy (non-hydrogen) atoms. The van der Waals surface area contributed by atoms with Crippen LogP contribution in [0.25, 0.3) is 0 Å². The van der Waals surface area contributed by atoms with E-state index in [1.807, 2.05) is 44.2 Å². The van der Waals surface area contributed by atoms with Gasteiger partial charge in [0, 0.05) is 0 Å². The molecule has 0 spiro atoms. The Morgan fingerprint density at radius 3 is 2.58 bits per heavy atom. The number of anilines is 1. The molecule has 3 rings (SSSR count). The highest BCUT2D eigenvalue weighted by atomic mass is 16.5. The lowest BCUT2D eigenvalue weighted by Gasteiger charge is -2.07. The maximum Gasteiger partial charge on any atom is 0.253 e. The third-order valence-electron chi connectivity index (χ3n) is 4.35. The van der Waals surface area contributed by atoms with E-state index in [4.69, 9.17) is 10.5 Å². The first-order valence-electron chi connectivity index (χ1n) is 8.49. The van der Waals surface area contributed by atoms with Gasteiger partial charge in [-0.05, 0) is 37.5 Å². The Hall–Kier alpha value is -3.26. The van der Waals surface area contributed by atoms with E-state index in [0.717, 1.165) is 16.7 Å². The number of hydrogen-bond donors (Lipinski definition) is 1. The molecule has 0 amide bonds. The molecule has 1 aromatic heterocycles. The molecule has 2 aromatic carbocycles. The van der Waals surface area contributed by atoms with Gasteiger partial charge in [0.2, 0.25) is 0 Å². The number of aromatic nitrogens is 2. The summed E-state index contributed by atoms with van der Waals surface area (Å²) in [4.78, 5) is 0. The number of hydrogen-bond acceptors (Lipinski definition) is 4. The first kappa shape index (κ1) is 17.6. The van der Waals surface area contributed by atoms with E-state index in [0.29, 0.717) is 19.0 Å². The minimum atomic E-state index is 0.276. The number of benzene rings is 2. The Balaban J connectivity index is 1.82. The third-order valence-corrected chi connectivity index (χ3v) is 4.35. The molecular weight excluding hydrogens is 324 g/mol. The molecule has 0 bridgehead atoms. The number of nitrogens with zero attached hydrogens (tertiary/aromatic N) is 3. The summed E-state index contributed by atoms with van der Waals surface area (Å²) in [6, 6.07) is 16.4. The van der Waals surface area contributed by atoms with Gasteiger partial charge < -0.3 is 10.5 Å². The SMILES string of the molecule is Cc1cccc(Cn2nc(OCc3ccc(C)cc3C)c(C#N)c2N)c1. The fraction of sp³-hybridized carbons (Fsp3) is 0.238. The van der Waals surface area contributed by atoms with Crippen molar-refractivity contribution < 1.29 is 4.74 Å². The number of aryl methyl sites for hydroxylation is 3. The van der Waals surface area contributed by atoms with Gasteiger partial charge in [0.1, 0.15) is 18.5 Å². The van der Waals surface area contributed by atoms with Crippen molar-refractivity contribution in [3.05, 3.63) is 75.8 Å². The second-order valence-electron chi connectivity index (χ2n) is 6.54. The van der Waals surface area contributed by atoms with Gasteiger partial charge in [-0.1, -0.05) is 53.6 Å². The van der Waals surface area contributed by atoms with Crippen molar-refractivity contribution in [2.45, 2.75) is 33.9 Å². The lowest BCUT2D eigenvalue weighted by molar-refractivity contribution is 0.288. The van der Waals surface area contributed by atoms with Crippen LogP contribution >= 0.6 is 0 Å². The average molecular weight is 346 g/mol. The van der Waals surface area contributed by atoms with Crippen LogP contribution in [0.15, 0.2) is 42.5 Å². The van der Waals surface area contributed by atoms with E-state index in [9.17, 15) is 5.26 Å². The van der Waals surface area contributed by atoms with Crippen molar-refractivity contribution in [2.75, 3.05) is 5.73 Å². The summed E-state index contributed by atoms with van der Waals surface area (Å²) in [5.74, 6) is 0.599. The molecule has 3 aromatic rings. The molecule has 5 heteroatoms. The van der Waals surface area contributed by atoms with Gasteiger partial charge in [0.05, 0.1) is 6.54 Å². The second-order valence-corrected chi connectivity index (χ2v) is 6.54. The number of ether oxygens (including phenoxy) is 1. The summed E-state index contributed by atoms with van der Waals surface area (Å²) in [6.45, 7) is 6.98. The fourth-order valence-electron chi connectivity index (χ4n) is 2.92. The summed E-state index contributed by atoms with van der Waals surface area (Å²) in [6.07, 6.45) is 0. The van der Waals surface area contributed by atoms with Gasteiger partial charge in [0.25, 0.3) is 5.88 Å². The molecule has 0 saturated heterocycles. The van der Waals surface area contributed by atoms with E-state index in [1.165, 1.54) is 11.1 Å². The van der Waals surface area contributed by atoms with Crippen molar-refractivity contribution in [3.63, 3.8) is 0 Å². The van der Waals surface area contributed by atoms with Crippen molar-refractivity contribution in [1.29, 1.82) is 5.26 Å². The topological polar surface area (TPSA) is 76.9 Å². The fourth-order valence-corrected chi connectivity index (χ4v) is 2.92. The first-order chi connectivity index (χ1) is 12.5. The zero-order valence-corrected chi connectivity index (χ0v) is 15.3. The standard InChI is InChI=1S/C21H22N4O/c1-14-5-4-6-17(10-14)12-25-20(23)19(11-22)21(24-25)26-13-18-8-7-15(2)9-16(18)3/h4-10H,12-13,23H2,1-3H3. The monoisotopic (exact) mass is 346 g/mol. The van der Waals surface area contributed by atoms with Crippen LogP contribution in [0.5, 0.6) is 5.88 Å². The molecule has 5 nitrogen and oxygen atoms in total. The minimum absolute atomic E-state index is 0.276. The van der Waals surface area contributed by atoms with Crippen LogP contribution < -0.4 is 10.5 Å². The first-order valence-corrected chi connectivity index (χ1v) is 8.49. The zero-order valence-electron chi connectivity index (χ0n) is 15.3. The summed E-state index contributed by atoms with van der Waals surface area (Å²) in [5, 5.41) is 13.9. The molecule has 0 saturated carbocycles. The molecule has 0 aliphatic heterocycles. The van der Waals surface area contributed by atoms with Crippen LogP contribution in [0, 0.1) is 32.1 Å². The largest absolute Gasteiger partial charge is 0.471 e. The molecule has 0 radical (unpaired) electrons. The van der Waals surface area contributed by atoms with E-state index < -0.39 is 0 Å². The van der Waals surface area contributed by atoms with Crippen LogP contribution in [-0.2, 0) is 13.2 Å². The van der Waals surface area contributed by atoms with E-state index in [2.05, 4.69) is 30.2 Å². The minimum Gasteiger partial charge on any atom is -0.471 e. The van der Waals surface area contributed by atoms with Crippen LogP contribution in [0.3, 0.4) is 0 Å². The molecule has 0 aliphatic rings. The summed E-state index contributed by atoms with van der Waals surface area (Å²) >= 11 is 0. The highest BCUT2D eigenvalue weighted by molar-refractivity contribution is 5.55. The van der Waals surface area contributed by atoms with Gasteiger partial charge in [-0.25, -0.2) is 4.68 Å². The molecule has 0 atom stereocenters. The molecule has 132 valence electrons. The van der Waals surface area contributed by atoms with E-state index in [-0.39, 0.29) is 11.4 Å². The van der Waals surface area contributed by atoms with Gasteiger partial charge in [-0.3, -0.25) is 0 Å². The normalized spacial score (nSPS) is 10.5. The Bertz CT molecular complexity index is 982. The molecule has 1 heterocycles. The highest BCUT2D eigenvalue weighted by Gasteiger charge is 2.17. The van der Waals surface area contributed by atoms with Gasteiger partial charge in [-0.15, -0.1) is 5.10 Å². The van der Waals surface area contributed by atoms with E-state index in [1.54, 1.807) is 4.68 Å². The Morgan fingerprint density at radius 1 is 1.12 bits per heavy atom. The molecule has 2 N–H and O–H groups in total. The summed E-state index contributed by atoms with van der Waals surface area (Å²) in [5.41, 5.74) is 12.1. The van der Waals surface area contributed by atoms with Crippen molar-refractivity contribution in [3.8, 4) is 11.9 Å². The lowest BCUT2D eigenvalue weighted by atomic mass is 10.1. The lowest BCUT2D eigenvalue weighted by Crippen LogP contribution is -2.06.